The number of anilines is 1. The first-order chi connectivity index (χ1) is 10.5. The third-order valence-electron chi connectivity index (χ3n) is 2.79. The molecule has 0 bridgehead atoms. The molecule has 0 heterocycles. The molecule has 0 saturated carbocycles. The van der Waals surface area contributed by atoms with Crippen LogP contribution in [0.2, 0.25) is 0 Å². The Morgan fingerprint density at radius 2 is 1.59 bits per heavy atom. The Bertz CT molecular complexity index is 670. The number of nitrogens with one attached hydrogen (secondary N) is 1. The smallest absolute Gasteiger partial charge is 0.285 e. The molecule has 0 aromatic heterocycles. The zero-order valence-electron chi connectivity index (χ0n) is 12.2. The van der Waals surface area contributed by atoms with Crippen LogP contribution in [0.5, 0.6) is 0 Å². The molecule has 0 atom stereocenters. The van der Waals surface area contributed by atoms with E-state index in [-0.39, 0.29) is 11.1 Å². The quantitative estimate of drug-likeness (QED) is 0.588. The Morgan fingerprint density at radius 1 is 1.00 bits per heavy atom. The van der Waals surface area contributed by atoms with Crippen LogP contribution >= 0.6 is 34.4 Å². The number of hydrogen-bond donors (Lipinski definition) is 1. The maximum Gasteiger partial charge on any atom is 0.285 e. The Hall–Kier alpha value is -1.54. The highest BCUT2D eigenvalue weighted by Crippen LogP contribution is 2.22. The summed E-state index contributed by atoms with van der Waals surface area (Å²) in [6, 6.07) is 14.6. The van der Waals surface area contributed by atoms with E-state index in [4.69, 9.17) is 0 Å². The topological polar surface area (TPSA) is 49.4 Å². The first kappa shape index (κ1) is 16.8. The van der Waals surface area contributed by atoms with Gasteiger partial charge in [0.2, 0.25) is 0 Å². The van der Waals surface area contributed by atoms with Crippen molar-refractivity contribution in [3.8, 4) is 0 Å². The number of carbonyl (C=O) groups is 2. The molecule has 114 valence electrons. The van der Waals surface area contributed by atoms with Crippen molar-refractivity contribution < 1.29 is 9.59 Å². The number of amides is 2. The minimum atomic E-state index is -0.152. The van der Waals surface area contributed by atoms with Crippen molar-refractivity contribution in [2.75, 3.05) is 19.4 Å². The summed E-state index contributed by atoms with van der Waals surface area (Å²) in [5, 5.41) is 2.80. The van der Waals surface area contributed by atoms with Gasteiger partial charge in [0.1, 0.15) is 0 Å². The van der Waals surface area contributed by atoms with Gasteiger partial charge in [0.05, 0.1) is 0 Å². The predicted octanol–water partition coefficient (Wildman–Crippen LogP) is 4.32. The molecule has 2 aromatic carbocycles. The summed E-state index contributed by atoms with van der Waals surface area (Å²) in [7, 11) is 3.43. The molecule has 2 rings (SSSR count). The first-order valence-corrected chi connectivity index (χ1v) is 8.41. The number of nitrogens with zero attached hydrogens (tertiary/aromatic N) is 1. The Balaban J connectivity index is 2.00. The lowest BCUT2D eigenvalue weighted by atomic mass is 10.2. The summed E-state index contributed by atoms with van der Waals surface area (Å²) in [5.74, 6) is -0.152. The van der Waals surface area contributed by atoms with Gasteiger partial charge < -0.3 is 10.2 Å². The van der Waals surface area contributed by atoms with Crippen LogP contribution in [-0.2, 0) is 0 Å². The van der Waals surface area contributed by atoms with Gasteiger partial charge in [-0.15, -0.1) is 0 Å². The molecule has 0 saturated heterocycles. The van der Waals surface area contributed by atoms with Gasteiger partial charge in [-0.2, -0.15) is 0 Å². The SMILES string of the molecule is CN(C)C(=O)Sc1ccc(NC(=O)c2ccc(I)cc2)cc1. The molecule has 2 aromatic rings. The van der Waals surface area contributed by atoms with Crippen LogP contribution in [0.3, 0.4) is 0 Å². The Kier molecular flexibility index (Phi) is 5.84. The van der Waals surface area contributed by atoms with Gasteiger partial charge >= 0.3 is 0 Å². The van der Waals surface area contributed by atoms with Crippen molar-refractivity contribution in [1.29, 1.82) is 0 Å². The highest BCUT2D eigenvalue weighted by molar-refractivity contribution is 14.1. The number of thioether (sulfide) groups is 1. The van der Waals surface area contributed by atoms with E-state index in [1.165, 1.54) is 4.90 Å². The average molecular weight is 426 g/mol. The highest BCUT2D eigenvalue weighted by Gasteiger charge is 2.08. The number of benzene rings is 2. The number of carbonyl (C=O) groups excluding carboxylic acids is 2. The molecule has 0 unspecified atom stereocenters. The fourth-order valence-corrected chi connectivity index (χ4v) is 2.62. The molecule has 1 N–H and O–H groups in total. The lowest BCUT2D eigenvalue weighted by molar-refractivity contribution is 0.102. The predicted molar refractivity (Wildman–Crippen MR) is 98.5 cm³/mol. The van der Waals surface area contributed by atoms with Crippen molar-refractivity contribution in [1.82, 2.24) is 4.90 Å². The molecule has 6 heteroatoms. The molecule has 0 aliphatic rings. The third-order valence-corrected chi connectivity index (χ3v) is 4.56. The standard InChI is InChI=1S/C16H15IN2O2S/c1-19(2)16(21)22-14-9-7-13(8-10-14)18-15(20)11-3-5-12(17)6-4-11/h3-10H,1-2H3,(H,18,20). The van der Waals surface area contributed by atoms with Gasteiger partial charge in [-0.25, -0.2) is 0 Å². The maximum atomic E-state index is 12.1. The first-order valence-electron chi connectivity index (χ1n) is 6.52. The minimum absolute atomic E-state index is 0.0318. The summed E-state index contributed by atoms with van der Waals surface area (Å²) >= 11 is 3.35. The van der Waals surface area contributed by atoms with Crippen LogP contribution in [0.25, 0.3) is 0 Å². The zero-order chi connectivity index (χ0) is 16.1. The van der Waals surface area contributed by atoms with E-state index in [1.54, 1.807) is 38.4 Å². The van der Waals surface area contributed by atoms with E-state index in [9.17, 15) is 9.59 Å². The molecular formula is C16H15IN2O2S. The van der Waals surface area contributed by atoms with Crippen LogP contribution in [-0.4, -0.2) is 30.1 Å². The van der Waals surface area contributed by atoms with Crippen molar-refractivity contribution in [3.05, 3.63) is 57.7 Å². The summed E-state index contributed by atoms with van der Waals surface area (Å²) in [6.45, 7) is 0. The minimum Gasteiger partial charge on any atom is -0.339 e. The van der Waals surface area contributed by atoms with Crippen molar-refractivity contribution >= 4 is 51.2 Å². The summed E-state index contributed by atoms with van der Waals surface area (Å²) in [6.07, 6.45) is 0. The van der Waals surface area contributed by atoms with E-state index < -0.39 is 0 Å². The van der Waals surface area contributed by atoms with Crippen molar-refractivity contribution in [2.24, 2.45) is 0 Å². The lowest BCUT2D eigenvalue weighted by Crippen LogP contribution is -2.16. The monoisotopic (exact) mass is 426 g/mol. The van der Waals surface area contributed by atoms with E-state index in [0.29, 0.717) is 11.3 Å². The van der Waals surface area contributed by atoms with Crippen molar-refractivity contribution in [2.45, 2.75) is 4.90 Å². The fraction of sp³-hybridized carbons (Fsp3) is 0.125. The second kappa shape index (κ2) is 7.64. The summed E-state index contributed by atoms with van der Waals surface area (Å²) in [5.41, 5.74) is 1.31. The number of rotatable bonds is 3. The molecule has 4 nitrogen and oxygen atoms in total. The molecule has 2 amide bonds. The fourth-order valence-electron chi connectivity index (χ4n) is 1.60. The summed E-state index contributed by atoms with van der Waals surface area (Å²) < 4.78 is 1.08. The van der Waals surface area contributed by atoms with Crippen LogP contribution in [0, 0.1) is 3.57 Å². The van der Waals surface area contributed by atoms with Crippen molar-refractivity contribution in [3.63, 3.8) is 0 Å². The van der Waals surface area contributed by atoms with Crippen LogP contribution < -0.4 is 5.32 Å². The molecule has 0 spiro atoms. The molecule has 0 radical (unpaired) electrons. The van der Waals surface area contributed by atoms with Gasteiger partial charge in [0.15, 0.2) is 0 Å². The van der Waals surface area contributed by atoms with Gasteiger partial charge in [-0.3, -0.25) is 9.59 Å². The maximum absolute atomic E-state index is 12.1. The van der Waals surface area contributed by atoms with E-state index >= 15 is 0 Å². The lowest BCUT2D eigenvalue weighted by Gasteiger charge is -2.10. The Morgan fingerprint density at radius 3 is 2.14 bits per heavy atom. The second-order valence-corrected chi connectivity index (χ2v) is 7.02. The van der Waals surface area contributed by atoms with Gasteiger partial charge in [0, 0.05) is 33.8 Å². The van der Waals surface area contributed by atoms with Crippen LogP contribution in [0.4, 0.5) is 10.5 Å². The van der Waals surface area contributed by atoms with Crippen LogP contribution in [0.1, 0.15) is 10.4 Å². The molecular weight excluding hydrogens is 411 g/mol. The number of hydrogen-bond acceptors (Lipinski definition) is 3. The molecule has 0 aliphatic heterocycles. The normalized spacial score (nSPS) is 10.1. The zero-order valence-corrected chi connectivity index (χ0v) is 15.1. The van der Waals surface area contributed by atoms with Gasteiger partial charge in [-0.05, 0) is 82.9 Å². The largest absolute Gasteiger partial charge is 0.339 e. The number of halogens is 1. The summed E-state index contributed by atoms with van der Waals surface area (Å²) in [4.78, 5) is 26.1. The van der Waals surface area contributed by atoms with Gasteiger partial charge in [0.25, 0.3) is 11.1 Å². The second-order valence-electron chi connectivity index (χ2n) is 4.75. The van der Waals surface area contributed by atoms with E-state index in [0.717, 1.165) is 20.2 Å². The Labute approximate surface area is 147 Å². The molecule has 0 fully saturated rings. The highest BCUT2D eigenvalue weighted by atomic mass is 127. The molecule has 0 aliphatic carbocycles. The molecule has 22 heavy (non-hydrogen) atoms. The third kappa shape index (κ3) is 4.74. The van der Waals surface area contributed by atoms with E-state index in [1.807, 2.05) is 24.3 Å². The van der Waals surface area contributed by atoms with Gasteiger partial charge in [-0.1, -0.05) is 0 Å². The van der Waals surface area contributed by atoms with E-state index in [2.05, 4.69) is 27.9 Å². The van der Waals surface area contributed by atoms with Crippen LogP contribution in [0.15, 0.2) is 53.4 Å². The average Bonchev–Trinajstić information content (AvgIpc) is 2.49.